The van der Waals surface area contributed by atoms with Crippen molar-refractivity contribution in [2.75, 3.05) is 11.9 Å². The Morgan fingerprint density at radius 2 is 2.09 bits per heavy atom. The molecule has 0 atom stereocenters. The lowest BCUT2D eigenvalue weighted by atomic mass is 9.90. The molecule has 2 amide bonds. The Labute approximate surface area is 136 Å². The first kappa shape index (κ1) is 17.2. The molecule has 2 rings (SSSR count). The van der Waals surface area contributed by atoms with E-state index in [-0.39, 0.29) is 5.91 Å². The molecule has 1 aliphatic rings. The molecule has 0 aromatic carbocycles. The number of carbonyl (C=O) groups excluding carboxylic acids is 2. The third kappa shape index (κ3) is 4.68. The summed E-state index contributed by atoms with van der Waals surface area (Å²) in [6.45, 7) is 5.50. The van der Waals surface area contributed by atoms with Crippen molar-refractivity contribution in [2.45, 2.75) is 52.9 Å². The van der Waals surface area contributed by atoms with Crippen molar-refractivity contribution >= 4 is 17.6 Å². The van der Waals surface area contributed by atoms with Crippen LogP contribution in [0.2, 0.25) is 0 Å². The van der Waals surface area contributed by atoms with Crippen LogP contribution in [0.3, 0.4) is 0 Å². The number of nitrogens with zero attached hydrogens (tertiary/aromatic N) is 1. The van der Waals surface area contributed by atoms with Gasteiger partial charge in [0.15, 0.2) is 5.82 Å². The van der Waals surface area contributed by atoms with Crippen LogP contribution in [0.4, 0.5) is 5.82 Å². The van der Waals surface area contributed by atoms with Gasteiger partial charge in [0.2, 0.25) is 11.8 Å². The Kier molecular flexibility index (Phi) is 5.58. The van der Waals surface area contributed by atoms with Gasteiger partial charge in [-0.3, -0.25) is 9.59 Å². The fourth-order valence-corrected chi connectivity index (χ4v) is 2.49. The second-order valence-electron chi connectivity index (χ2n) is 6.52. The molecule has 6 heteroatoms. The molecule has 1 heterocycles. The first-order valence-electron chi connectivity index (χ1n) is 8.10. The average molecular weight is 319 g/mol. The Morgan fingerprint density at radius 3 is 2.70 bits per heavy atom. The maximum atomic E-state index is 12.3. The molecule has 0 fully saturated rings. The molecule has 126 valence electrons. The predicted octanol–water partition coefficient (Wildman–Crippen LogP) is 2.95. The van der Waals surface area contributed by atoms with Gasteiger partial charge < -0.3 is 15.2 Å². The number of rotatable bonds is 6. The molecule has 2 N–H and O–H groups in total. The second-order valence-corrected chi connectivity index (χ2v) is 6.52. The highest BCUT2D eigenvalue weighted by atomic mass is 16.5. The van der Waals surface area contributed by atoms with E-state index in [1.165, 1.54) is 18.4 Å². The normalized spacial score (nSPS) is 15.0. The number of amides is 2. The zero-order chi connectivity index (χ0) is 16.9. The lowest BCUT2D eigenvalue weighted by molar-refractivity contribution is -0.138. The molecule has 0 saturated heterocycles. The van der Waals surface area contributed by atoms with Crippen molar-refractivity contribution in [1.29, 1.82) is 0 Å². The molecule has 0 spiro atoms. The molecule has 0 bridgehead atoms. The van der Waals surface area contributed by atoms with Gasteiger partial charge in [0.25, 0.3) is 0 Å². The van der Waals surface area contributed by atoms with Crippen molar-refractivity contribution in [3.8, 4) is 0 Å². The molecule has 1 aromatic rings. The van der Waals surface area contributed by atoms with Gasteiger partial charge in [0, 0.05) is 12.6 Å². The summed E-state index contributed by atoms with van der Waals surface area (Å²) < 4.78 is 4.90. The number of aromatic nitrogens is 1. The molecule has 1 aromatic heterocycles. The maximum Gasteiger partial charge on any atom is 0.240 e. The van der Waals surface area contributed by atoms with Gasteiger partial charge >= 0.3 is 0 Å². The monoisotopic (exact) mass is 319 g/mol. The van der Waals surface area contributed by atoms with E-state index in [2.05, 4.69) is 21.9 Å². The summed E-state index contributed by atoms with van der Waals surface area (Å²) in [5.74, 6) is 0.232. The summed E-state index contributed by atoms with van der Waals surface area (Å²) in [6.07, 6.45) is 7.85. The van der Waals surface area contributed by atoms with E-state index in [4.69, 9.17) is 4.52 Å². The molecule has 0 radical (unpaired) electrons. The lowest BCUT2D eigenvalue weighted by Gasteiger charge is -2.22. The van der Waals surface area contributed by atoms with Crippen LogP contribution >= 0.6 is 0 Å². The largest absolute Gasteiger partial charge is 0.360 e. The number of hydrogen-bond donors (Lipinski definition) is 2. The van der Waals surface area contributed by atoms with Crippen molar-refractivity contribution in [3.63, 3.8) is 0 Å². The fraction of sp³-hybridized carbons (Fsp3) is 0.588. The minimum atomic E-state index is -1.17. The van der Waals surface area contributed by atoms with E-state index >= 15 is 0 Å². The van der Waals surface area contributed by atoms with Crippen LogP contribution in [0, 0.1) is 12.3 Å². The number of carbonyl (C=O) groups is 2. The van der Waals surface area contributed by atoms with Crippen LogP contribution in [-0.2, 0) is 9.59 Å². The molecule has 0 unspecified atom stereocenters. The minimum Gasteiger partial charge on any atom is -0.360 e. The quantitative estimate of drug-likeness (QED) is 0.623. The minimum absolute atomic E-state index is 0.286. The lowest BCUT2D eigenvalue weighted by Crippen LogP contribution is -2.45. The van der Waals surface area contributed by atoms with E-state index in [1.54, 1.807) is 26.8 Å². The van der Waals surface area contributed by atoms with Gasteiger partial charge in [0.05, 0.1) is 0 Å². The first-order valence-corrected chi connectivity index (χ1v) is 8.10. The fourth-order valence-electron chi connectivity index (χ4n) is 2.49. The van der Waals surface area contributed by atoms with Gasteiger partial charge in [0.1, 0.15) is 11.2 Å². The third-order valence-corrected chi connectivity index (χ3v) is 4.12. The maximum absolute atomic E-state index is 12.3. The summed E-state index contributed by atoms with van der Waals surface area (Å²) >= 11 is 0. The van der Waals surface area contributed by atoms with Crippen LogP contribution in [0.1, 0.15) is 51.7 Å². The number of hydrogen-bond acceptors (Lipinski definition) is 4. The Morgan fingerprint density at radius 1 is 1.30 bits per heavy atom. The molecule has 0 aliphatic heterocycles. The number of nitrogens with one attached hydrogen (secondary N) is 2. The summed E-state index contributed by atoms with van der Waals surface area (Å²) in [4.78, 5) is 24.6. The highest BCUT2D eigenvalue weighted by Crippen LogP contribution is 2.21. The van der Waals surface area contributed by atoms with Crippen LogP contribution in [0.25, 0.3) is 0 Å². The predicted molar refractivity (Wildman–Crippen MR) is 87.8 cm³/mol. The van der Waals surface area contributed by atoms with Crippen LogP contribution in [0.5, 0.6) is 0 Å². The average Bonchev–Trinajstić information content (AvgIpc) is 2.93. The first-order chi connectivity index (χ1) is 10.9. The highest BCUT2D eigenvalue weighted by Gasteiger charge is 2.36. The van der Waals surface area contributed by atoms with Gasteiger partial charge in [-0.1, -0.05) is 16.8 Å². The van der Waals surface area contributed by atoms with Gasteiger partial charge in [-0.15, -0.1) is 0 Å². The summed E-state index contributed by atoms with van der Waals surface area (Å²) in [7, 11) is 0. The van der Waals surface area contributed by atoms with E-state index in [1.807, 2.05) is 0 Å². The van der Waals surface area contributed by atoms with E-state index in [0.29, 0.717) is 18.1 Å². The van der Waals surface area contributed by atoms with Crippen molar-refractivity contribution in [1.82, 2.24) is 10.5 Å². The number of anilines is 1. The van der Waals surface area contributed by atoms with E-state index in [0.717, 1.165) is 19.3 Å². The topological polar surface area (TPSA) is 84.2 Å². The SMILES string of the molecule is Cc1cc(NC(=O)C(C)(C)C(=O)NCCC2=CCCCC2)no1. The summed E-state index contributed by atoms with van der Waals surface area (Å²) in [5.41, 5.74) is 0.227. The van der Waals surface area contributed by atoms with Gasteiger partial charge in [-0.2, -0.15) is 0 Å². The van der Waals surface area contributed by atoms with E-state index < -0.39 is 11.3 Å². The van der Waals surface area contributed by atoms with Crippen LogP contribution < -0.4 is 10.6 Å². The zero-order valence-corrected chi connectivity index (χ0v) is 14.1. The van der Waals surface area contributed by atoms with Gasteiger partial charge in [-0.05, 0) is 52.9 Å². The Bertz CT molecular complexity index is 602. The molecule has 6 nitrogen and oxygen atoms in total. The Balaban J connectivity index is 1.83. The van der Waals surface area contributed by atoms with E-state index in [9.17, 15) is 9.59 Å². The van der Waals surface area contributed by atoms with Crippen molar-refractivity contribution < 1.29 is 14.1 Å². The molecule has 0 saturated carbocycles. The second kappa shape index (κ2) is 7.44. The Hall–Kier alpha value is -2.11. The standard InChI is InChI=1S/C17H25N3O3/c1-12-11-14(20-23-12)19-16(22)17(2,3)15(21)18-10-9-13-7-5-4-6-8-13/h7,11H,4-6,8-10H2,1-3H3,(H,18,21)(H,19,20,22). The smallest absolute Gasteiger partial charge is 0.240 e. The summed E-state index contributed by atoms with van der Waals surface area (Å²) in [5, 5.41) is 9.17. The third-order valence-electron chi connectivity index (χ3n) is 4.12. The molecular weight excluding hydrogens is 294 g/mol. The molecular formula is C17H25N3O3. The number of aryl methyl sites for hydroxylation is 1. The van der Waals surface area contributed by atoms with Gasteiger partial charge in [-0.25, -0.2) is 0 Å². The van der Waals surface area contributed by atoms with Crippen molar-refractivity contribution in [2.24, 2.45) is 5.41 Å². The highest BCUT2D eigenvalue weighted by molar-refractivity contribution is 6.09. The van der Waals surface area contributed by atoms with Crippen molar-refractivity contribution in [3.05, 3.63) is 23.5 Å². The van der Waals surface area contributed by atoms with Crippen LogP contribution in [-0.4, -0.2) is 23.5 Å². The number of allylic oxidation sites excluding steroid dienone is 1. The molecule has 1 aliphatic carbocycles. The summed E-state index contributed by atoms with van der Waals surface area (Å²) in [6, 6.07) is 1.61. The molecule has 23 heavy (non-hydrogen) atoms. The zero-order valence-electron chi connectivity index (χ0n) is 14.1. The van der Waals surface area contributed by atoms with Crippen LogP contribution in [0.15, 0.2) is 22.2 Å².